The number of nitrogen functional groups attached to an aromatic ring is 1. The van der Waals surface area contributed by atoms with Crippen LogP contribution in [-0.4, -0.2) is 9.96 Å². The van der Waals surface area contributed by atoms with E-state index in [1.807, 2.05) is 25.1 Å². The van der Waals surface area contributed by atoms with E-state index in [-0.39, 0.29) is 5.41 Å². The molecule has 1 aromatic carbocycles. The van der Waals surface area contributed by atoms with Crippen LogP contribution in [0.1, 0.15) is 24.8 Å². The Labute approximate surface area is 104 Å². The number of hydrogen-bond donors (Lipinski definition) is 1. The minimum atomic E-state index is -1.09. The molecule has 1 saturated carbocycles. The highest BCUT2D eigenvalue weighted by Crippen LogP contribution is 2.49. The lowest BCUT2D eigenvalue weighted by molar-refractivity contribution is 0.587. The highest BCUT2D eigenvalue weighted by atomic mass is 32.2. The molecular weight excluding hydrogens is 232 g/mol. The molecule has 0 aliphatic heterocycles. The van der Waals surface area contributed by atoms with Gasteiger partial charge in [0.2, 0.25) is 0 Å². The zero-order valence-electron chi connectivity index (χ0n) is 9.90. The Morgan fingerprint density at radius 2 is 2.24 bits per heavy atom. The molecule has 3 nitrogen and oxygen atoms in total. The van der Waals surface area contributed by atoms with Crippen LogP contribution in [-0.2, 0) is 10.8 Å². The predicted molar refractivity (Wildman–Crippen MR) is 68.8 cm³/mol. The molecule has 1 atom stereocenters. The molecule has 90 valence electrons. The number of benzene rings is 1. The number of nitrogens with two attached hydrogens (primary N) is 1. The maximum absolute atomic E-state index is 12.2. The highest BCUT2D eigenvalue weighted by Gasteiger charge is 2.44. The summed E-state index contributed by atoms with van der Waals surface area (Å²) >= 11 is 0. The number of anilines is 1. The minimum Gasteiger partial charge on any atom is -0.398 e. The van der Waals surface area contributed by atoms with Crippen molar-refractivity contribution in [1.82, 2.24) is 0 Å². The van der Waals surface area contributed by atoms with Gasteiger partial charge >= 0.3 is 0 Å². The summed E-state index contributed by atoms with van der Waals surface area (Å²) in [6.45, 7) is 1.96. The molecule has 0 radical (unpaired) electrons. The largest absolute Gasteiger partial charge is 0.398 e. The predicted octanol–water partition coefficient (Wildman–Crippen LogP) is 2.38. The monoisotopic (exact) mass is 248 g/mol. The van der Waals surface area contributed by atoms with Crippen molar-refractivity contribution in [1.29, 1.82) is 5.26 Å². The van der Waals surface area contributed by atoms with Gasteiger partial charge in [0, 0.05) is 17.9 Å². The van der Waals surface area contributed by atoms with Crippen molar-refractivity contribution < 1.29 is 4.21 Å². The van der Waals surface area contributed by atoms with Gasteiger partial charge in [-0.05, 0) is 42.9 Å². The summed E-state index contributed by atoms with van der Waals surface area (Å²) in [5, 5.41) is 8.74. The summed E-state index contributed by atoms with van der Waals surface area (Å²) in [7, 11) is -1.09. The molecule has 2 N–H and O–H groups in total. The number of hydrogen-bond acceptors (Lipinski definition) is 3. The van der Waals surface area contributed by atoms with Crippen molar-refractivity contribution in [2.45, 2.75) is 31.1 Å². The summed E-state index contributed by atoms with van der Waals surface area (Å²) in [4.78, 5) is 0.708. The first-order valence-electron chi connectivity index (χ1n) is 5.68. The Bertz CT molecular complexity index is 501. The third-order valence-corrected chi connectivity index (χ3v) is 5.00. The summed E-state index contributed by atoms with van der Waals surface area (Å²) in [6, 6.07) is 7.79. The fourth-order valence-corrected chi connectivity index (χ4v) is 3.59. The fraction of sp³-hybridized carbons (Fsp3) is 0.462. The topological polar surface area (TPSA) is 66.9 Å². The van der Waals surface area contributed by atoms with Gasteiger partial charge in [-0.1, -0.05) is 6.07 Å². The Balaban J connectivity index is 2.13. The summed E-state index contributed by atoms with van der Waals surface area (Å²) in [6.07, 6.45) is 2.53. The molecule has 0 spiro atoms. The molecule has 4 heteroatoms. The smallest absolute Gasteiger partial charge is 0.0627 e. The number of rotatable bonds is 4. The van der Waals surface area contributed by atoms with Gasteiger partial charge in [-0.3, -0.25) is 4.21 Å². The third kappa shape index (κ3) is 2.67. The van der Waals surface area contributed by atoms with Gasteiger partial charge in [0.05, 0.1) is 21.8 Å². The first-order chi connectivity index (χ1) is 8.06. The van der Waals surface area contributed by atoms with E-state index in [1.54, 1.807) is 0 Å². The Kier molecular flexibility index (Phi) is 3.21. The van der Waals surface area contributed by atoms with Crippen molar-refractivity contribution in [3.63, 3.8) is 0 Å². The first-order valence-corrected chi connectivity index (χ1v) is 7.00. The summed E-state index contributed by atoms with van der Waals surface area (Å²) in [5.74, 6) is 0.563. The van der Waals surface area contributed by atoms with Crippen LogP contribution in [0.15, 0.2) is 23.1 Å². The van der Waals surface area contributed by atoms with Crippen molar-refractivity contribution >= 4 is 16.5 Å². The van der Waals surface area contributed by atoms with Crippen molar-refractivity contribution in [2.75, 3.05) is 11.5 Å². The van der Waals surface area contributed by atoms with Crippen molar-refractivity contribution in [3.8, 4) is 6.07 Å². The van der Waals surface area contributed by atoms with Gasteiger partial charge in [0.15, 0.2) is 0 Å². The van der Waals surface area contributed by atoms with E-state index in [2.05, 4.69) is 6.07 Å². The molecule has 0 bridgehead atoms. The van der Waals surface area contributed by atoms with E-state index < -0.39 is 10.8 Å². The summed E-state index contributed by atoms with van der Waals surface area (Å²) in [5.41, 5.74) is 7.54. The SMILES string of the molecule is Cc1ccc(S(=O)CC2(CC#N)CC2)c(N)c1. The molecule has 2 rings (SSSR count). The average molecular weight is 248 g/mol. The van der Waals surface area contributed by atoms with Gasteiger partial charge in [0.25, 0.3) is 0 Å². The van der Waals surface area contributed by atoms with E-state index in [1.165, 1.54) is 0 Å². The van der Waals surface area contributed by atoms with Crippen LogP contribution in [0, 0.1) is 23.7 Å². The van der Waals surface area contributed by atoms with Gasteiger partial charge < -0.3 is 5.73 Å². The molecular formula is C13H16N2OS. The van der Waals surface area contributed by atoms with E-state index in [9.17, 15) is 4.21 Å². The second-order valence-corrected chi connectivity index (χ2v) is 6.29. The average Bonchev–Trinajstić information content (AvgIpc) is 2.97. The van der Waals surface area contributed by atoms with Gasteiger partial charge in [-0.15, -0.1) is 0 Å². The molecule has 1 unspecified atom stereocenters. The molecule has 0 amide bonds. The Morgan fingerprint density at radius 3 is 2.76 bits per heavy atom. The second-order valence-electron chi connectivity index (χ2n) is 4.87. The van der Waals surface area contributed by atoms with E-state index in [0.29, 0.717) is 22.8 Å². The number of nitrogens with zero attached hydrogens (tertiary/aromatic N) is 1. The Morgan fingerprint density at radius 1 is 1.53 bits per heavy atom. The van der Waals surface area contributed by atoms with Crippen LogP contribution in [0.4, 0.5) is 5.69 Å². The number of aryl methyl sites for hydroxylation is 1. The maximum Gasteiger partial charge on any atom is 0.0627 e. The minimum absolute atomic E-state index is 0.00304. The van der Waals surface area contributed by atoms with Gasteiger partial charge in [0.1, 0.15) is 0 Å². The van der Waals surface area contributed by atoms with Crippen LogP contribution in [0.25, 0.3) is 0 Å². The first kappa shape index (κ1) is 12.1. The zero-order chi connectivity index (χ0) is 12.5. The molecule has 1 aliphatic rings. The standard InChI is InChI=1S/C13H16N2OS/c1-10-2-3-12(11(15)8-10)17(16)9-13(4-5-13)6-7-14/h2-3,8H,4-6,9,15H2,1H3. The molecule has 1 aromatic rings. The maximum atomic E-state index is 12.2. The Hall–Kier alpha value is -1.34. The quantitative estimate of drug-likeness (QED) is 0.832. The van der Waals surface area contributed by atoms with Gasteiger partial charge in [-0.2, -0.15) is 5.26 Å². The number of nitriles is 1. The molecule has 0 saturated heterocycles. The molecule has 17 heavy (non-hydrogen) atoms. The fourth-order valence-electron chi connectivity index (χ4n) is 1.95. The highest BCUT2D eigenvalue weighted by molar-refractivity contribution is 7.85. The lowest BCUT2D eigenvalue weighted by atomic mass is 10.1. The lowest BCUT2D eigenvalue weighted by Crippen LogP contribution is -2.13. The van der Waals surface area contributed by atoms with Crippen molar-refractivity contribution in [2.24, 2.45) is 5.41 Å². The third-order valence-electron chi connectivity index (χ3n) is 3.26. The zero-order valence-corrected chi connectivity index (χ0v) is 10.7. The van der Waals surface area contributed by atoms with Gasteiger partial charge in [-0.25, -0.2) is 0 Å². The van der Waals surface area contributed by atoms with Crippen LogP contribution < -0.4 is 5.73 Å². The van der Waals surface area contributed by atoms with Crippen LogP contribution >= 0.6 is 0 Å². The molecule has 1 aliphatic carbocycles. The van der Waals surface area contributed by atoms with E-state index in [0.717, 1.165) is 18.4 Å². The van der Waals surface area contributed by atoms with Crippen LogP contribution in [0.2, 0.25) is 0 Å². The summed E-state index contributed by atoms with van der Waals surface area (Å²) < 4.78 is 12.2. The van der Waals surface area contributed by atoms with Crippen molar-refractivity contribution in [3.05, 3.63) is 23.8 Å². The molecule has 0 aromatic heterocycles. The van der Waals surface area contributed by atoms with Crippen LogP contribution in [0.5, 0.6) is 0 Å². The molecule has 0 heterocycles. The lowest BCUT2D eigenvalue weighted by Gasteiger charge is -2.12. The van der Waals surface area contributed by atoms with E-state index >= 15 is 0 Å². The molecule has 1 fully saturated rings. The normalized spacial score (nSPS) is 18.4. The second kappa shape index (κ2) is 4.50. The van der Waals surface area contributed by atoms with Crippen LogP contribution in [0.3, 0.4) is 0 Å². The van der Waals surface area contributed by atoms with E-state index in [4.69, 9.17) is 11.0 Å².